The molecule has 6 nitrogen and oxygen atoms in total. The van der Waals surface area contributed by atoms with E-state index in [-0.39, 0.29) is 5.91 Å². The molecule has 1 aromatic heterocycles. The summed E-state index contributed by atoms with van der Waals surface area (Å²) in [5.41, 5.74) is 4.45. The molecule has 2 aromatic carbocycles. The van der Waals surface area contributed by atoms with E-state index in [0.717, 1.165) is 46.6 Å². The third-order valence-corrected chi connectivity index (χ3v) is 5.63. The molecule has 1 aliphatic rings. The predicted molar refractivity (Wildman–Crippen MR) is 118 cm³/mol. The van der Waals surface area contributed by atoms with Gasteiger partial charge in [-0.15, -0.1) is 0 Å². The molecule has 152 valence electrons. The molecule has 0 spiro atoms. The van der Waals surface area contributed by atoms with E-state index >= 15 is 0 Å². The van der Waals surface area contributed by atoms with E-state index in [1.807, 2.05) is 60.5 Å². The van der Waals surface area contributed by atoms with E-state index in [1.165, 1.54) is 0 Å². The van der Waals surface area contributed by atoms with Crippen LogP contribution in [0, 0.1) is 11.3 Å². The number of hydrogen-bond acceptors (Lipinski definition) is 5. The van der Waals surface area contributed by atoms with Crippen LogP contribution in [0.15, 0.2) is 48.7 Å². The predicted octanol–water partition coefficient (Wildman–Crippen LogP) is 3.84. The van der Waals surface area contributed by atoms with E-state index in [2.05, 4.69) is 11.0 Å². The number of benzene rings is 2. The normalized spacial score (nSPS) is 13.9. The minimum atomic E-state index is 0.199. The summed E-state index contributed by atoms with van der Waals surface area (Å²) < 4.78 is 5.83. The lowest BCUT2D eigenvalue weighted by atomic mass is 10.00. The van der Waals surface area contributed by atoms with Crippen LogP contribution in [0.3, 0.4) is 0 Å². The number of hydrogen-bond donors (Lipinski definition) is 0. The zero-order valence-electron chi connectivity index (χ0n) is 17.3. The van der Waals surface area contributed by atoms with Crippen LogP contribution in [0.5, 0.6) is 5.75 Å². The molecule has 0 bridgehead atoms. The van der Waals surface area contributed by atoms with Crippen LogP contribution < -0.4 is 9.64 Å². The molecule has 6 heteroatoms. The monoisotopic (exact) mass is 400 g/mol. The van der Waals surface area contributed by atoms with E-state index in [4.69, 9.17) is 15.0 Å². The summed E-state index contributed by atoms with van der Waals surface area (Å²) in [6.45, 7) is 4.82. The number of carbonyl (C=O) groups excluding carboxylic acids is 1. The summed E-state index contributed by atoms with van der Waals surface area (Å²) in [5, 5.41) is 10.00. The smallest absolute Gasteiger partial charge is 0.222 e. The van der Waals surface area contributed by atoms with Gasteiger partial charge in [0.2, 0.25) is 5.91 Å². The molecule has 0 radical (unpaired) electrons. The Morgan fingerprint density at radius 3 is 2.50 bits per heavy atom. The molecule has 0 atom stereocenters. The van der Waals surface area contributed by atoms with Gasteiger partial charge in [0, 0.05) is 43.5 Å². The van der Waals surface area contributed by atoms with Gasteiger partial charge in [0.15, 0.2) is 5.75 Å². The first kappa shape index (κ1) is 19.7. The molecule has 0 aliphatic carbocycles. The lowest BCUT2D eigenvalue weighted by Gasteiger charge is -2.36. The highest BCUT2D eigenvalue weighted by Crippen LogP contribution is 2.38. The first-order valence-corrected chi connectivity index (χ1v) is 10.1. The van der Waals surface area contributed by atoms with Crippen molar-refractivity contribution in [1.29, 1.82) is 5.26 Å². The topological polar surface area (TPSA) is 69.5 Å². The molecular formula is C24H24N4O2. The summed E-state index contributed by atoms with van der Waals surface area (Å²) in [6, 6.07) is 15.7. The molecule has 1 amide bonds. The number of anilines is 1. The third kappa shape index (κ3) is 3.55. The number of para-hydroxylation sites is 1. The number of rotatable bonds is 4. The van der Waals surface area contributed by atoms with E-state index in [0.29, 0.717) is 25.1 Å². The summed E-state index contributed by atoms with van der Waals surface area (Å²) in [6.07, 6.45) is 2.41. The molecule has 3 aromatic rings. The maximum atomic E-state index is 12.0. The average Bonchev–Trinajstić information content (AvgIpc) is 2.82. The summed E-state index contributed by atoms with van der Waals surface area (Å²) in [7, 11) is 1.68. The highest BCUT2D eigenvalue weighted by Gasteiger charge is 2.24. The van der Waals surface area contributed by atoms with Gasteiger partial charge in [-0.1, -0.05) is 31.2 Å². The molecule has 0 N–H and O–H groups in total. The fourth-order valence-electron chi connectivity index (χ4n) is 4.01. The number of fused-ring (bicyclic) bond motifs is 1. The van der Waals surface area contributed by atoms with Gasteiger partial charge in [0.05, 0.1) is 36.1 Å². The van der Waals surface area contributed by atoms with Crippen LogP contribution in [-0.4, -0.2) is 49.1 Å². The Hall–Kier alpha value is -3.59. The van der Waals surface area contributed by atoms with Gasteiger partial charge in [-0.05, 0) is 23.8 Å². The van der Waals surface area contributed by atoms with Crippen LogP contribution in [-0.2, 0) is 4.79 Å². The molecular weight excluding hydrogens is 376 g/mol. The molecule has 0 saturated carbocycles. The fraction of sp³-hybridized carbons (Fsp3) is 0.292. The zero-order chi connectivity index (χ0) is 21.1. The second-order valence-electron chi connectivity index (χ2n) is 7.29. The van der Waals surface area contributed by atoms with Gasteiger partial charge in [-0.2, -0.15) is 5.26 Å². The summed E-state index contributed by atoms with van der Waals surface area (Å²) in [5.74, 6) is 0.996. The van der Waals surface area contributed by atoms with Crippen LogP contribution in [0.25, 0.3) is 22.0 Å². The van der Waals surface area contributed by atoms with Crippen LogP contribution in [0.2, 0.25) is 0 Å². The van der Waals surface area contributed by atoms with Crippen molar-refractivity contribution in [3.05, 3.63) is 54.2 Å². The van der Waals surface area contributed by atoms with Crippen molar-refractivity contribution in [3.8, 4) is 22.9 Å². The molecule has 1 fully saturated rings. The number of nitrogens with zero attached hydrogens (tertiary/aromatic N) is 4. The number of ether oxygens (including phenoxy) is 1. The second kappa shape index (κ2) is 8.42. The lowest BCUT2D eigenvalue weighted by Crippen LogP contribution is -2.48. The van der Waals surface area contributed by atoms with E-state index < -0.39 is 0 Å². The Balaban J connectivity index is 1.70. The number of piperazine rings is 1. The highest BCUT2D eigenvalue weighted by molar-refractivity contribution is 5.99. The number of carbonyl (C=O) groups is 1. The van der Waals surface area contributed by atoms with Gasteiger partial charge in [-0.25, -0.2) is 0 Å². The third-order valence-electron chi connectivity index (χ3n) is 5.63. The Bertz CT molecular complexity index is 1110. The number of aromatic nitrogens is 1. The standard InChI is InChI=1S/C24H24N4O2/c1-3-22(29)28-13-11-27(12-14-28)21-16-26-23-19(5-4-6-20(23)24(21)30-2)18-9-7-17(15-25)8-10-18/h4-10,16H,3,11-14H2,1-2H3. The van der Waals surface area contributed by atoms with E-state index in [9.17, 15) is 4.79 Å². The minimum absolute atomic E-state index is 0.199. The average molecular weight is 400 g/mol. The van der Waals surface area contributed by atoms with Crippen molar-refractivity contribution >= 4 is 22.5 Å². The quantitative estimate of drug-likeness (QED) is 0.666. The highest BCUT2D eigenvalue weighted by atomic mass is 16.5. The maximum Gasteiger partial charge on any atom is 0.222 e. The van der Waals surface area contributed by atoms with Crippen molar-refractivity contribution < 1.29 is 9.53 Å². The summed E-state index contributed by atoms with van der Waals surface area (Å²) >= 11 is 0. The molecule has 30 heavy (non-hydrogen) atoms. The largest absolute Gasteiger partial charge is 0.494 e. The van der Waals surface area contributed by atoms with Crippen LogP contribution in [0.1, 0.15) is 18.9 Å². The number of amides is 1. The van der Waals surface area contributed by atoms with Gasteiger partial charge in [-0.3, -0.25) is 9.78 Å². The molecule has 1 aliphatic heterocycles. The van der Waals surface area contributed by atoms with Gasteiger partial charge in [0.1, 0.15) is 0 Å². The first-order chi connectivity index (χ1) is 14.7. The molecule has 2 heterocycles. The van der Waals surface area contributed by atoms with Crippen molar-refractivity contribution in [1.82, 2.24) is 9.88 Å². The van der Waals surface area contributed by atoms with Gasteiger partial charge in [0.25, 0.3) is 0 Å². The van der Waals surface area contributed by atoms with Crippen LogP contribution in [0.4, 0.5) is 5.69 Å². The SMILES string of the molecule is CCC(=O)N1CCN(c2cnc3c(-c4ccc(C#N)cc4)cccc3c2OC)CC1. The van der Waals surface area contributed by atoms with Gasteiger partial charge >= 0.3 is 0 Å². The number of methoxy groups -OCH3 is 1. The molecule has 0 unspecified atom stereocenters. The molecule has 4 rings (SSSR count). The maximum absolute atomic E-state index is 12.0. The number of nitriles is 1. The second-order valence-corrected chi connectivity index (χ2v) is 7.29. The van der Waals surface area contributed by atoms with E-state index in [1.54, 1.807) is 7.11 Å². The minimum Gasteiger partial charge on any atom is -0.494 e. The number of pyridine rings is 1. The Kier molecular flexibility index (Phi) is 5.53. The van der Waals surface area contributed by atoms with Crippen molar-refractivity contribution in [2.24, 2.45) is 0 Å². The van der Waals surface area contributed by atoms with Crippen LogP contribution >= 0.6 is 0 Å². The van der Waals surface area contributed by atoms with Gasteiger partial charge < -0.3 is 14.5 Å². The zero-order valence-corrected chi connectivity index (χ0v) is 17.3. The first-order valence-electron chi connectivity index (χ1n) is 10.1. The Morgan fingerprint density at radius 2 is 1.87 bits per heavy atom. The Labute approximate surface area is 176 Å². The lowest BCUT2D eigenvalue weighted by molar-refractivity contribution is -0.131. The Morgan fingerprint density at radius 1 is 1.13 bits per heavy atom. The summed E-state index contributed by atoms with van der Waals surface area (Å²) in [4.78, 5) is 20.9. The van der Waals surface area contributed by atoms with Crippen molar-refractivity contribution in [2.75, 3.05) is 38.2 Å². The molecule has 1 saturated heterocycles. The van der Waals surface area contributed by atoms with Crippen molar-refractivity contribution in [3.63, 3.8) is 0 Å². The fourth-order valence-corrected chi connectivity index (χ4v) is 4.01. The van der Waals surface area contributed by atoms with Crippen molar-refractivity contribution in [2.45, 2.75) is 13.3 Å².